The lowest BCUT2D eigenvalue weighted by Gasteiger charge is -2.35. The molecule has 140 valence electrons. The molecule has 2 aliphatic rings. The molecule has 2 aromatic carbocycles. The van der Waals surface area contributed by atoms with E-state index in [0.717, 1.165) is 15.5 Å². The van der Waals surface area contributed by atoms with E-state index in [1.807, 2.05) is 0 Å². The van der Waals surface area contributed by atoms with Crippen molar-refractivity contribution in [3.05, 3.63) is 60.2 Å². The molecule has 2 aliphatic heterocycles. The summed E-state index contributed by atoms with van der Waals surface area (Å²) >= 11 is 0. The van der Waals surface area contributed by atoms with Gasteiger partial charge in [-0.05, 0) is 36.4 Å². The van der Waals surface area contributed by atoms with Gasteiger partial charge in [0.25, 0.3) is 5.91 Å². The molecule has 0 saturated carbocycles. The van der Waals surface area contributed by atoms with Gasteiger partial charge in [0.2, 0.25) is 5.91 Å². The first-order valence-electron chi connectivity index (χ1n) is 9.01. The van der Waals surface area contributed by atoms with Gasteiger partial charge in [-0.1, -0.05) is 12.1 Å². The third-order valence-corrected chi connectivity index (χ3v) is 5.33. The number of imide groups is 1. The highest BCUT2D eigenvalue weighted by Gasteiger charge is 2.47. The molecule has 7 heteroatoms. The summed E-state index contributed by atoms with van der Waals surface area (Å²) in [7, 11) is 0. The van der Waals surface area contributed by atoms with Crippen molar-refractivity contribution in [3.63, 3.8) is 0 Å². The first-order valence-corrected chi connectivity index (χ1v) is 9.01. The predicted molar refractivity (Wildman–Crippen MR) is 96.6 cm³/mol. The summed E-state index contributed by atoms with van der Waals surface area (Å²) < 4.78 is 27.1. The molecule has 2 amide bonds. The van der Waals surface area contributed by atoms with Crippen LogP contribution in [0.2, 0.25) is 0 Å². The predicted octanol–water partition coefficient (Wildman–Crippen LogP) is 1.00. The number of para-hydroxylation sites is 1. The highest BCUT2D eigenvalue weighted by atomic mass is 19.1. The minimum Gasteiger partial charge on any atom is -0.360 e. The number of carbonyl (C=O) groups is 2. The van der Waals surface area contributed by atoms with Crippen LogP contribution < -0.4 is 14.7 Å². The van der Waals surface area contributed by atoms with Crippen molar-refractivity contribution in [1.29, 1.82) is 0 Å². The molecule has 0 aromatic heterocycles. The van der Waals surface area contributed by atoms with Crippen LogP contribution in [-0.2, 0) is 9.59 Å². The molecule has 1 atom stereocenters. The SMILES string of the molecule is O=C1C[C@H]([NH+]2CCN(c3ccc(F)cc3)CC2)C(=O)N1c1ccccc1F. The van der Waals surface area contributed by atoms with E-state index in [2.05, 4.69) is 4.90 Å². The zero-order valence-corrected chi connectivity index (χ0v) is 14.7. The van der Waals surface area contributed by atoms with Crippen LogP contribution in [0.15, 0.2) is 48.5 Å². The Balaban J connectivity index is 1.45. The summed E-state index contributed by atoms with van der Waals surface area (Å²) in [5, 5.41) is 0. The highest BCUT2D eigenvalue weighted by Crippen LogP contribution is 2.25. The molecule has 2 fully saturated rings. The van der Waals surface area contributed by atoms with Gasteiger partial charge in [0.05, 0.1) is 38.3 Å². The number of benzene rings is 2. The smallest absolute Gasteiger partial charge is 0.292 e. The molecule has 0 aliphatic carbocycles. The lowest BCUT2D eigenvalue weighted by atomic mass is 10.1. The zero-order chi connectivity index (χ0) is 19.0. The zero-order valence-electron chi connectivity index (χ0n) is 14.7. The summed E-state index contributed by atoms with van der Waals surface area (Å²) in [6.07, 6.45) is 0.0963. The first kappa shape index (κ1) is 17.6. The van der Waals surface area contributed by atoms with Crippen LogP contribution in [0.5, 0.6) is 0 Å². The molecule has 4 rings (SSSR count). The van der Waals surface area contributed by atoms with E-state index in [1.165, 1.54) is 30.3 Å². The molecule has 2 aromatic rings. The maximum Gasteiger partial charge on any atom is 0.292 e. The molecule has 0 spiro atoms. The second-order valence-corrected chi connectivity index (χ2v) is 6.90. The lowest BCUT2D eigenvalue weighted by Crippen LogP contribution is -3.19. The Bertz CT molecular complexity index is 864. The Morgan fingerprint density at radius 2 is 1.59 bits per heavy atom. The van der Waals surface area contributed by atoms with Crippen LogP contribution in [0.3, 0.4) is 0 Å². The second kappa shape index (κ2) is 7.08. The summed E-state index contributed by atoms with van der Waals surface area (Å²) in [4.78, 5) is 29.4. The van der Waals surface area contributed by atoms with Crippen molar-refractivity contribution in [1.82, 2.24) is 0 Å². The third kappa shape index (κ3) is 3.30. The number of rotatable bonds is 3. The van der Waals surface area contributed by atoms with E-state index >= 15 is 0 Å². The summed E-state index contributed by atoms with van der Waals surface area (Å²) in [6, 6.07) is 11.7. The van der Waals surface area contributed by atoms with Crippen molar-refractivity contribution in [2.24, 2.45) is 0 Å². The van der Waals surface area contributed by atoms with E-state index in [-0.39, 0.29) is 29.7 Å². The topological polar surface area (TPSA) is 45.1 Å². The van der Waals surface area contributed by atoms with Gasteiger partial charge in [0, 0.05) is 5.69 Å². The largest absolute Gasteiger partial charge is 0.360 e. The first-order chi connectivity index (χ1) is 13.0. The van der Waals surface area contributed by atoms with Crippen LogP contribution in [0.4, 0.5) is 20.2 Å². The molecule has 0 unspecified atom stereocenters. The van der Waals surface area contributed by atoms with E-state index in [0.29, 0.717) is 26.2 Å². The van der Waals surface area contributed by atoms with Gasteiger partial charge >= 0.3 is 0 Å². The molecular weight excluding hydrogens is 352 g/mol. The minimum absolute atomic E-state index is 0.0272. The standard InChI is InChI=1S/C20H19F2N3O2/c21-14-5-7-15(8-6-14)23-9-11-24(12-10-23)18-13-19(26)25(20(18)27)17-4-2-1-3-16(17)22/h1-8,18H,9-13H2/p+1/t18-/m0/s1. The molecule has 1 N–H and O–H groups in total. The number of carbonyl (C=O) groups excluding carboxylic acids is 2. The molecule has 0 radical (unpaired) electrons. The maximum atomic E-state index is 14.0. The van der Waals surface area contributed by atoms with E-state index in [9.17, 15) is 18.4 Å². The molecule has 5 nitrogen and oxygen atoms in total. The van der Waals surface area contributed by atoms with E-state index in [4.69, 9.17) is 0 Å². The molecule has 0 bridgehead atoms. The molecule has 2 heterocycles. The Morgan fingerprint density at radius 3 is 2.26 bits per heavy atom. The number of piperazine rings is 1. The van der Waals surface area contributed by atoms with Crippen LogP contribution in [0, 0.1) is 11.6 Å². The van der Waals surface area contributed by atoms with Gasteiger partial charge in [-0.15, -0.1) is 0 Å². The average Bonchev–Trinajstić information content (AvgIpc) is 2.97. The Morgan fingerprint density at radius 1 is 0.926 bits per heavy atom. The Kier molecular flexibility index (Phi) is 4.61. The number of hydrogen-bond acceptors (Lipinski definition) is 3. The van der Waals surface area contributed by atoms with Crippen molar-refractivity contribution in [2.75, 3.05) is 36.0 Å². The van der Waals surface area contributed by atoms with Gasteiger partial charge in [-0.2, -0.15) is 0 Å². The van der Waals surface area contributed by atoms with Crippen molar-refractivity contribution >= 4 is 23.2 Å². The average molecular weight is 372 g/mol. The van der Waals surface area contributed by atoms with Crippen molar-refractivity contribution in [2.45, 2.75) is 12.5 Å². The number of amides is 2. The lowest BCUT2D eigenvalue weighted by molar-refractivity contribution is -0.915. The quantitative estimate of drug-likeness (QED) is 0.818. The van der Waals surface area contributed by atoms with Crippen LogP contribution in [0.1, 0.15) is 6.42 Å². The van der Waals surface area contributed by atoms with Crippen LogP contribution in [0.25, 0.3) is 0 Å². The minimum atomic E-state index is -0.573. The highest BCUT2D eigenvalue weighted by molar-refractivity contribution is 6.21. The molecule has 27 heavy (non-hydrogen) atoms. The molecule has 2 saturated heterocycles. The maximum absolute atomic E-state index is 14.0. The number of nitrogens with one attached hydrogen (secondary N) is 1. The Hall–Kier alpha value is -2.80. The Labute approximate surface area is 155 Å². The third-order valence-electron chi connectivity index (χ3n) is 5.33. The number of halogens is 2. The summed E-state index contributed by atoms with van der Waals surface area (Å²) in [5.41, 5.74) is 0.969. The molecular formula is C20H20F2N3O2+. The van der Waals surface area contributed by atoms with E-state index < -0.39 is 11.9 Å². The number of anilines is 2. The van der Waals surface area contributed by atoms with Crippen molar-refractivity contribution in [3.8, 4) is 0 Å². The number of nitrogens with zero attached hydrogens (tertiary/aromatic N) is 2. The normalized spacial score (nSPS) is 21.2. The number of quaternary nitrogens is 1. The fourth-order valence-electron chi connectivity index (χ4n) is 3.89. The van der Waals surface area contributed by atoms with E-state index in [1.54, 1.807) is 18.2 Å². The fourth-order valence-corrected chi connectivity index (χ4v) is 3.89. The van der Waals surface area contributed by atoms with Gasteiger partial charge in [-0.3, -0.25) is 9.59 Å². The van der Waals surface area contributed by atoms with Gasteiger partial charge in [-0.25, -0.2) is 13.7 Å². The van der Waals surface area contributed by atoms with Crippen LogP contribution >= 0.6 is 0 Å². The van der Waals surface area contributed by atoms with Gasteiger partial charge in [0.1, 0.15) is 11.6 Å². The monoisotopic (exact) mass is 372 g/mol. The van der Waals surface area contributed by atoms with Crippen LogP contribution in [-0.4, -0.2) is 44.0 Å². The van der Waals surface area contributed by atoms with Crippen molar-refractivity contribution < 1.29 is 23.3 Å². The van der Waals surface area contributed by atoms with Gasteiger partial charge in [0.15, 0.2) is 6.04 Å². The van der Waals surface area contributed by atoms with Gasteiger partial charge < -0.3 is 9.80 Å². The summed E-state index contributed by atoms with van der Waals surface area (Å²) in [5.74, 6) is -1.54. The fraction of sp³-hybridized carbons (Fsp3) is 0.300. The second-order valence-electron chi connectivity index (χ2n) is 6.90. The number of hydrogen-bond donors (Lipinski definition) is 1. The summed E-state index contributed by atoms with van der Waals surface area (Å²) in [6.45, 7) is 2.79.